The van der Waals surface area contributed by atoms with Crippen LogP contribution in [-0.4, -0.2) is 23.9 Å². The highest BCUT2D eigenvalue weighted by molar-refractivity contribution is 5.92. The van der Waals surface area contributed by atoms with Gasteiger partial charge in [0.1, 0.15) is 5.82 Å². The van der Waals surface area contributed by atoms with Gasteiger partial charge in [0.25, 0.3) is 0 Å². The van der Waals surface area contributed by atoms with Crippen molar-refractivity contribution in [3.63, 3.8) is 0 Å². The van der Waals surface area contributed by atoms with E-state index in [1.54, 1.807) is 24.3 Å². The Balaban J connectivity index is 1.62. The molecule has 1 aliphatic heterocycles. The van der Waals surface area contributed by atoms with Crippen LogP contribution >= 0.6 is 0 Å². The predicted octanol–water partition coefficient (Wildman–Crippen LogP) is 4.15. The van der Waals surface area contributed by atoms with Crippen molar-refractivity contribution in [3.8, 4) is 0 Å². The number of hydrogen-bond donors (Lipinski definition) is 0. The second kappa shape index (κ2) is 7.05. The van der Waals surface area contributed by atoms with E-state index in [0.717, 1.165) is 12.0 Å². The molecule has 0 saturated carbocycles. The molecular weight excluding hydrogens is 289 g/mol. The molecule has 0 aliphatic carbocycles. The molecule has 3 rings (SSSR count). The van der Waals surface area contributed by atoms with Crippen molar-refractivity contribution in [3.05, 3.63) is 83.7 Å². The second-order valence-electron chi connectivity index (χ2n) is 5.51. The fraction of sp³-hybridized carbons (Fsp3) is 0.150. The van der Waals surface area contributed by atoms with Crippen LogP contribution in [0.15, 0.2) is 66.7 Å². The largest absolute Gasteiger partial charge is 0.335 e. The SMILES string of the molecule is O=C(C=Cc1ccc(F)cc1)N1CC=C(c2ccccc2)CC1. The first-order chi connectivity index (χ1) is 11.2. The van der Waals surface area contributed by atoms with Gasteiger partial charge in [-0.25, -0.2) is 4.39 Å². The summed E-state index contributed by atoms with van der Waals surface area (Å²) in [5.41, 5.74) is 3.33. The van der Waals surface area contributed by atoms with Gasteiger partial charge in [0, 0.05) is 19.2 Å². The van der Waals surface area contributed by atoms with Crippen molar-refractivity contribution < 1.29 is 9.18 Å². The lowest BCUT2D eigenvalue weighted by Gasteiger charge is -2.25. The van der Waals surface area contributed by atoms with Crippen LogP contribution in [0.4, 0.5) is 4.39 Å². The molecule has 2 aromatic rings. The van der Waals surface area contributed by atoms with Gasteiger partial charge in [0.2, 0.25) is 5.91 Å². The summed E-state index contributed by atoms with van der Waals surface area (Å²) in [6.45, 7) is 1.34. The van der Waals surface area contributed by atoms with E-state index in [-0.39, 0.29) is 11.7 Å². The highest BCUT2D eigenvalue weighted by atomic mass is 19.1. The molecule has 3 heteroatoms. The number of hydrogen-bond acceptors (Lipinski definition) is 1. The third-order valence-corrected chi connectivity index (χ3v) is 3.95. The molecule has 0 spiro atoms. The number of rotatable bonds is 3. The van der Waals surface area contributed by atoms with Gasteiger partial charge in [-0.3, -0.25) is 4.79 Å². The number of nitrogens with zero attached hydrogens (tertiary/aromatic N) is 1. The Hall–Kier alpha value is -2.68. The Kier molecular flexibility index (Phi) is 4.67. The average molecular weight is 307 g/mol. The molecule has 0 bridgehead atoms. The molecule has 0 saturated heterocycles. The predicted molar refractivity (Wildman–Crippen MR) is 91.1 cm³/mol. The molecule has 1 heterocycles. The first-order valence-corrected chi connectivity index (χ1v) is 7.69. The summed E-state index contributed by atoms with van der Waals surface area (Å²) in [4.78, 5) is 14.0. The molecule has 2 nitrogen and oxygen atoms in total. The quantitative estimate of drug-likeness (QED) is 0.780. The summed E-state index contributed by atoms with van der Waals surface area (Å²) >= 11 is 0. The van der Waals surface area contributed by atoms with Gasteiger partial charge >= 0.3 is 0 Å². The molecule has 2 aromatic carbocycles. The van der Waals surface area contributed by atoms with Crippen LogP contribution in [0.2, 0.25) is 0 Å². The Bertz CT molecular complexity index is 732. The zero-order valence-electron chi connectivity index (χ0n) is 12.8. The standard InChI is InChI=1S/C20H18FNO/c21-19-9-6-16(7-10-19)8-11-20(23)22-14-12-18(13-15-22)17-4-2-1-3-5-17/h1-12H,13-15H2. The van der Waals surface area contributed by atoms with E-state index in [1.807, 2.05) is 23.1 Å². The molecule has 0 N–H and O–H groups in total. The van der Waals surface area contributed by atoms with Gasteiger partial charge in [0.05, 0.1) is 0 Å². The molecule has 116 valence electrons. The van der Waals surface area contributed by atoms with Crippen molar-refractivity contribution in [1.29, 1.82) is 0 Å². The van der Waals surface area contributed by atoms with Crippen molar-refractivity contribution in [2.45, 2.75) is 6.42 Å². The minimum atomic E-state index is -0.275. The minimum Gasteiger partial charge on any atom is -0.335 e. The zero-order valence-corrected chi connectivity index (χ0v) is 12.8. The number of halogens is 1. The van der Waals surface area contributed by atoms with E-state index in [0.29, 0.717) is 13.1 Å². The van der Waals surface area contributed by atoms with Crippen molar-refractivity contribution in [2.75, 3.05) is 13.1 Å². The van der Waals surface area contributed by atoms with Crippen molar-refractivity contribution in [1.82, 2.24) is 4.90 Å². The Morgan fingerprint density at radius 2 is 1.78 bits per heavy atom. The van der Waals surface area contributed by atoms with Gasteiger partial charge in [-0.15, -0.1) is 0 Å². The molecule has 1 amide bonds. The van der Waals surface area contributed by atoms with E-state index >= 15 is 0 Å². The van der Waals surface area contributed by atoms with Gasteiger partial charge in [-0.05, 0) is 41.3 Å². The molecule has 0 radical (unpaired) electrons. The van der Waals surface area contributed by atoms with E-state index in [1.165, 1.54) is 23.3 Å². The first-order valence-electron chi connectivity index (χ1n) is 7.69. The highest BCUT2D eigenvalue weighted by Gasteiger charge is 2.15. The zero-order chi connectivity index (χ0) is 16.1. The average Bonchev–Trinajstić information content (AvgIpc) is 2.62. The number of benzene rings is 2. The molecule has 0 unspecified atom stereocenters. The summed E-state index contributed by atoms with van der Waals surface area (Å²) in [6.07, 6.45) is 6.25. The lowest BCUT2D eigenvalue weighted by molar-refractivity contribution is -0.125. The number of carbonyl (C=O) groups excluding carboxylic acids is 1. The Morgan fingerprint density at radius 3 is 2.43 bits per heavy atom. The molecule has 0 atom stereocenters. The summed E-state index contributed by atoms with van der Waals surface area (Å²) < 4.78 is 12.8. The number of amides is 1. The van der Waals surface area contributed by atoms with Crippen molar-refractivity contribution in [2.24, 2.45) is 0 Å². The molecular formula is C20H18FNO. The summed E-state index contributed by atoms with van der Waals surface area (Å²) in [6, 6.07) is 16.3. The maximum absolute atomic E-state index is 12.8. The van der Waals surface area contributed by atoms with Crippen LogP contribution < -0.4 is 0 Å². The smallest absolute Gasteiger partial charge is 0.246 e. The summed E-state index contributed by atoms with van der Waals surface area (Å²) in [5, 5.41) is 0. The van der Waals surface area contributed by atoms with E-state index in [2.05, 4.69) is 18.2 Å². The fourth-order valence-corrected chi connectivity index (χ4v) is 2.63. The lowest BCUT2D eigenvalue weighted by atomic mass is 9.99. The second-order valence-corrected chi connectivity index (χ2v) is 5.51. The monoisotopic (exact) mass is 307 g/mol. The normalized spacial score (nSPS) is 14.8. The minimum absolute atomic E-state index is 0.0160. The molecule has 23 heavy (non-hydrogen) atoms. The maximum Gasteiger partial charge on any atom is 0.246 e. The van der Waals surface area contributed by atoms with E-state index in [4.69, 9.17) is 0 Å². The Labute approximate surface area is 135 Å². The fourth-order valence-electron chi connectivity index (χ4n) is 2.63. The van der Waals surface area contributed by atoms with Crippen LogP contribution in [0.25, 0.3) is 11.6 Å². The van der Waals surface area contributed by atoms with E-state index < -0.39 is 0 Å². The summed E-state index contributed by atoms with van der Waals surface area (Å²) in [5.74, 6) is -0.291. The summed E-state index contributed by atoms with van der Waals surface area (Å²) in [7, 11) is 0. The molecule has 0 fully saturated rings. The Morgan fingerprint density at radius 1 is 1.04 bits per heavy atom. The van der Waals surface area contributed by atoms with Crippen LogP contribution in [0.5, 0.6) is 0 Å². The van der Waals surface area contributed by atoms with Crippen LogP contribution in [0.3, 0.4) is 0 Å². The first kappa shape index (κ1) is 15.2. The van der Waals surface area contributed by atoms with Gasteiger partial charge in [-0.2, -0.15) is 0 Å². The van der Waals surface area contributed by atoms with Gasteiger partial charge < -0.3 is 4.90 Å². The van der Waals surface area contributed by atoms with Crippen LogP contribution in [0, 0.1) is 5.82 Å². The maximum atomic E-state index is 12.8. The highest BCUT2D eigenvalue weighted by Crippen LogP contribution is 2.22. The van der Waals surface area contributed by atoms with Gasteiger partial charge in [0.15, 0.2) is 0 Å². The lowest BCUT2D eigenvalue weighted by Crippen LogP contribution is -2.33. The number of carbonyl (C=O) groups is 1. The molecule has 0 aromatic heterocycles. The van der Waals surface area contributed by atoms with Crippen LogP contribution in [0.1, 0.15) is 17.5 Å². The van der Waals surface area contributed by atoms with Crippen molar-refractivity contribution >= 4 is 17.6 Å². The third kappa shape index (κ3) is 3.95. The third-order valence-electron chi connectivity index (χ3n) is 3.95. The van der Waals surface area contributed by atoms with Crippen LogP contribution in [-0.2, 0) is 4.79 Å². The van der Waals surface area contributed by atoms with Gasteiger partial charge in [-0.1, -0.05) is 48.5 Å². The van der Waals surface area contributed by atoms with E-state index in [9.17, 15) is 9.18 Å². The topological polar surface area (TPSA) is 20.3 Å². The molecule has 1 aliphatic rings.